The van der Waals surface area contributed by atoms with Crippen LogP contribution in [0.1, 0.15) is 23.7 Å². The fourth-order valence-electron chi connectivity index (χ4n) is 2.24. The first-order valence-electron chi connectivity index (χ1n) is 8.03. The van der Waals surface area contributed by atoms with Gasteiger partial charge in [0.1, 0.15) is 6.42 Å². The van der Waals surface area contributed by atoms with Crippen molar-refractivity contribution in [1.82, 2.24) is 0 Å². The first-order valence-corrected chi connectivity index (χ1v) is 8.03. The molecule has 0 atom stereocenters. The quantitative estimate of drug-likeness (QED) is 0.534. The summed E-state index contributed by atoms with van der Waals surface area (Å²) in [6.45, 7) is 1.38. The van der Waals surface area contributed by atoms with E-state index in [2.05, 4.69) is 20.7 Å². The Hall–Kier alpha value is -3.68. The number of methoxy groups -OCH3 is 1. The van der Waals surface area contributed by atoms with Crippen LogP contribution in [0.5, 0.6) is 0 Å². The highest BCUT2D eigenvalue weighted by Crippen LogP contribution is 2.15. The topological polar surface area (TPSA) is 114 Å². The smallest absolute Gasteiger partial charge is 0.337 e. The number of carbonyl (C=O) groups is 4. The predicted molar refractivity (Wildman–Crippen MR) is 100 cm³/mol. The molecular formula is C19H19N3O5. The second-order valence-electron chi connectivity index (χ2n) is 5.60. The maximum absolute atomic E-state index is 12.0. The number of ether oxygens (including phenoxy) is 1. The van der Waals surface area contributed by atoms with E-state index in [1.165, 1.54) is 26.2 Å². The van der Waals surface area contributed by atoms with E-state index in [4.69, 9.17) is 0 Å². The Balaban J connectivity index is 1.89. The molecule has 27 heavy (non-hydrogen) atoms. The molecule has 8 heteroatoms. The average molecular weight is 369 g/mol. The number of carbonyl (C=O) groups excluding carboxylic acids is 4. The lowest BCUT2D eigenvalue weighted by Crippen LogP contribution is -2.21. The largest absolute Gasteiger partial charge is 0.465 e. The third-order valence-electron chi connectivity index (χ3n) is 3.38. The van der Waals surface area contributed by atoms with Crippen LogP contribution in [0.15, 0.2) is 48.5 Å². The number of esters is 1. The number of amides is 3. The van der Waals surface area contributed by atoms with Gasteiger partial charge in [-0.15, -0.1) is 0 Å². The van der Waals surface area contributed by atoms with E-state index in [0.29, 0.717) is 22.6 Å². The molecule has 140 valence electrons. The highest BCUT2D eigenvalue weighted by atomic mass is 16.5. The van der Waals surface area contributed by atoms with Gasteiger partial charge >= 0.3 is 5.97 Å². The fraction of sp³-hybridized carbons (Fsp3) is 0.158. The molecule has 0 spiro atoms. The average Bonchev–Trinajstić information content (AvgIpc) is 2.61. The molecule has 2 rings (SSSR count). The molecule has 2 aromatic carbocycles. The maximum Gasteiger partial charge on any atom is 0.337 e. The summed E-state index contributed by atoms with van der Waals surface area (Å²) in [5.41, 5.74) is 1.80. The standard InChI is InChI=1S/C19H19N3O5/c1-12(23)20-15-4-3-5-16(10-15)22-18(25)11-17(24)21-14-8-6-13(7-9-14)19(26)27-2/h3-10H,11H2,1-2H3,(H,20,23)(H,21,24)(H,22,25). The van der Waals surface area contributed by atoms with Crippen LogP contribution in [0.25, 0.3) is 0 Å². The van der Waals surface area contributed by atoms with Gasteiger partial charge in [0.25, 0.3) is 0 Å². The van der Waals surface area contributed by atoms with Crippen molar-refractivity contribution in [2.24, 2.45) is 0 Å². The van der Waals surface area contributed by atoms with E-state index in [1.54, 1.807) is 36.4 Å². The molecule has 8 nitrogen and oxygen atoms in total. The molecule has 0 fully saturated rings. The summed E-state index contributed by atoms with van der Waals surface area (Å²) in [6, 6.07) is 12.7. The normalized spacial score (nSPS) is 9.85. The summed E-state index contributed by atoms with van der Waals surface area (Å²) in [5.74, 6) is -1.71. The summed E-state index contributed by atoms with van der Waals surface area (Å²) in [4.78, 5) is 46.4. The van der Waals surface area contributed by atoms with Crippen molar-refractivity contribution in [1.29, 1.82) is 0 Å². The van der Waals surface area contributed by atoms with Crippen molar-refractivity contribution in [3.63, 3.8) is 0 Å². The van der Waals surface area contributed by atoms with Gasteiger partial charge in [0, 0.05) is 24.0 Å². The van der Waals surface area contributed by atoms with E-state index in [0.717, 1.165) is 0 Å². The molecule has 0 aliphatic carbocycles. The van der Waals surface area contributed by atoms with Crippen molar-refractivity contribution in [3.05, 3.63) is 54.1 Å². The molecule has 0 heterocycles. The van der Waals surface area contributed by atoms with Crippen molar-refractivity contribution < 1.29 is 23.9 Å². The van der Waals surface area contributed by atoms with Gasteiger partial charge in [-0.05, 0) is 42.5 Å². The number of hydrogen-bond donors (Lipinski definition) is 3. The lowest BCUT2D eigenvalue weighted by atomic mass is 10.2. The number of hydrogen-bond acceptors (Lipinski definition) is 5. The number of rotatable bonds is 6. The molecule has 0 saturated carbocycles. The van der Waals surface area contributed by atoms with Crippen molar-refractivity contribution in [3.8, 4) is 0 Å². The van der Waals surface area contributed by atoms with Gasteiger partial charge in [-0.3, -0.25) is 14.4 Å². The van der Waals surface area contributed by atoms with Crippen LogP contribution < -0.4 is 16.0 Å². The molecule has 0 aliphatic heterocycles. The van der Waals surface area contributed by atoms with Crippen molar-refractivity contribution >= 4 is 40.8 Å². The molecule has 0 saturated heterocycles. The summed E-state index contributed by atoms with van der Waals surface area (Å²) in [7, 11) is 1.28. The van der Waals surface area contributed by atoms with Crippen molar-refractivity contribution in [2.45, 2.75) is 13.3 Å². The monoisotopic (exact) mass is 369 g/mol. The Morgan fingerprint density at radius 3 is 1.93 bits per heavy atom. The summed E-state index contributed by atoms with van der Waals surface area (Å²) in [6.07, 6.45) is -0.386. The zero-order chi connectivity index (χ0) is 19.8. The second-order valence-corrected chi connectivity index (χ2v) is 5.60. The maximum atomic E-state index is 12.0. The SMILES string of the molecule is COC(=O)c1ccc(NC(=O)CC(=O)Nc2cccc(NC(C)=O)c2)cc1. The lowest BCUT2D eigenvalue weighted by molar-refractivity contribution is -0.123. The first-order chi connectivity index (χ1) is 12.9. The van der Waals surface area contributed by atoms with Gasteiger partial charge in [-0.1, -0.05) is 6.07 Å². The van der Waals surface area contributed by atoms with E-state index in [-0.39, 0.29) is 12.3 Å². The molecule has 0 radical (unpaired) electrons. The van der Waals surface area contributed by atoms with E-state index in [1.807, 2.05) is 0 Å². The van der Waals surface area contributed by atoms with Crippen LogP contribution in [0.2, 0.25) is 0 Å². The minimum absolute atomic E-state index is 0.226. The van der Waals surface area contributed by atoms with Gasteiger partial charge in [-0.2, -0.15) is 0 Å². The minimum atomic E-state index is -0.503. The van der Waals surface area contributed by atoms with Crippen LogP contribution in [0.4, 0.5) is 17.1 Å². The molecule has 0 unspecified atom stereocenters. The molecular weight excluding hydrogens is 350 g/mol. The van der Waals surface area contributed by atoms with E-state index >= 15 is 0 Å². The van der Waals surface area contributed by atoms with Crippen LogP contribution in [0.3, 0.4) is 0 Å². The van der Waals surface area contributed by atoms with Gasteiger partial charge in [0.05, 0.1) is 12.7 Å². The zero-order valence-electron chi connectivity index (χ0n) is 14.9. The van der Waals surface area contributed by atoms with Crippen LogP contribution >= 0.6 is 0 Å². The highest BCUT2D eigenvalue weighted by molar-refractivity contribution is 6.08. The number of nitrogens with one attached hydrogen (secondary N) is 3. The summed E-state index contributed by atoms with van der Waals surface area (Å²) in [5, 5.41) is 7.77. The minimum Gasteiger partial charge on any atom is -0.465 e. The molecule has 0 aliphatic rings. The molecule has 0 bridgehead atoms. The van der Waals surface area contributed by atoms with Gasteiger partial charge in [0.15, 0.2) is 0 Å². The Morgan fingerprint density at radius 1 is 0.815 bits per heavy atom. The van der Waals surface area contributed by atoms with Crippen LogP contribution in [-0.2, 0) is 19.1 Å². The Kier molecular flexibility index (Phi) is 6.65. The first kappa shape index (κ1) is 19.6. The number of benzene rings is 2. The molecule has 0 aromatic heterocycles. The Morgan fingerprint density at radius 2 is 1.37 bits per heavy atom. The highest BCUT2D eigenvalue weighted by Gasteiger charge is 2.11. The lowest BCUT2D eigenvalue weighted by Gasteiger charge is -2.09. The Labute approximate surface area is 155 Å². The van der Waals surface area contributed by atoms with E-state index in [9.17, 15) is 19.2 Å². The van der Waals surface area contributed by atoms with Crippen LogP contribution in [-0.4, -0.2) is 30.8 Å². The van der Waals surface area contributed by atoms with E-state index < -0.39 is 17.8 Å². The van der Waals surface area contributed by atoms with Crippen LogP contribution in [0, 0.1) is 0 Å². The predicted octanol–water partition coefficient (Wildman–Crippen LogP) is 2.40. The van der Waals surface area contributed by atoms with Crippen molar-refractivity contribution in [2.75, 3.05) is 23.1 Å². The summed E-state index contributed by atoms with van der Waals surface area (Å²) >= 11 is 0. The third kappa shape index (κ3) is 6.28. The Bertz CT molecular complexity index is 862. The molecule has 2 aromatic rings. The molecule has 3 N–H and O–H groups in total. The third-order valence-corrected chi connectivity index (χ3v) is 3.38. The fourth-order valence-corrected chi connectivity index (χ4v) is 2.24. The van der Waals surface area contributed by atoms with Gasteiger partial charge < -0.3 is 20.7 Å². The molecule has 3 amide bonds. The zero-order valence-corrected chi connectivity index (χ0v) is 14.9. The second kappa shape index (κ2) is 9.14. The van der Waals surface area contributed by atoms with Gasteiger partial charge in [-0.25, -0.2) is 4.79 Å². The number of anilines is 3. The summed E-state index contributed by atoms with van der Waals surface area (Å²) < 4.78 is 4.59. The van der Waals surface area contributed by atoms with Gasteiger partial charge in [0.2, 0.25) is 17.7 Å².